The van der Waals surface area contributed by atoms with Gasteiger partial charge in [0.05, 0.1) is 26.2 Å². The molecule has 10 heteroatoms. The molecule has 4 heterocycles. The quantitative estimate of drug-likeness (QED) is 0.304. The summed E-state index contributed by atoms with van der Waals surface area (Å²) in [4.78, 5) is 11.6. The Morgan fingerprint density at radius 1 is 0.974 bits per heavy atom. The molecule has 5 aromatic rings. The van der Waals surface area contributed by atoms with Crippen molar-refractivity contribution in [2.75, 3.05) is 37.9 Å². The Bertz CT molecular complexity index is 1570. The first-order chi connectivity index (χ1) is 19.1. The highest BCUT2D eigenvalue weighted by molar-refractivity contribution is 5.70. The van der Waals surface area contributed by atoms with E-state index in [1.54, 1.807) is 26.5 Å². The van der Waals surface area contributed by atoms with Gasteiger partial charge in [-0.25, -0.2) is 9.97 Å². The third kappa shape index (κ3) is 5.10. The minimum Gasteiger partial charge on any atom is -0.493 e. The van der Waals surface area contributed by atoms with E-state index in [1.165, 1.54) is 15.8 Å². The minimum atomic E-state index is 0.277. The van der Waals surface area contributed by atoms with Gasteiger partial charge < -0.3 is 29.8 Å². The molecule has 1 saturated heterocycles. The maximum absolute atomic E-state index is 6.25. The number of methoxy groups -OCH3 is 2. The van der Waals surface area contributed by atoms with Gasteiger partial charge in [0.2, 0.25) is 11.8 Å². The number of nitrogens with zero attached hydrogens (tertiary/aromatic N) is 5. The summed E-state index contributed by atoms with van der Waals surface area (Å²) in [5.74, 6) is 2.84. The van der Waals surface area contributed by atoms with Crippen LogP contribution in [0.25, 0.3) is 28.5 Å². The first-order valence-electron chi connectivity index (χ1n) is 13.0. The van der Waals surface area contributed by atoms with E-state index in [9.17, 15) is 0 Å². The van der Waals surface area contributed by atoms with Crippen LogP contribution in [0.4, 0.5) is 11.6 Å². The highest BCUT2D eigenvalue weighted by Gasteiger charge is 2.20. The summed E-state index contributed by atoms with van der Waals surface area (Å²) in [5, 5.41) is 8.14. The van der Waals surface area contributed by atoms with Gasteiger partial charge >= 0.3 is 0 Å². The fourth-order valence-electron chi connectivity index (χ4n) is 5.03. The van der Waals surface area contributed by atoms with Crippen LogP contribution >= 0.6 is 0 Å². The molecule has 0 amide bonds. The number of fused-ring (bicyclic) bond motifs is 1. The Hall–Kier alpha value is -4.57. The number of hydrogen-bond donors (Lipinski definition) is 2. The number of piperidine rings is 1. The van der Waals surface area contributed by atoms with Gasteiger partial charge in [-0.1, -0.05) is 18.2 Å². The molecule has 39 heavy (non-hydrogen) atoms. The Morgan fingerprint density at radius 3 is 2.59 bits per heavy atom. The van der Waals surface area contributed by atoms with Gasteiger partial charge in [0.15, 0.2) is 22.9 Å². The van der Waals surface area contributed by atoms with Crippen molar-refractivity contribution in [1.29, 1.82) is 0 Å². The average Bonchev–Trinajstić information content (AvgIpc) is 3.67. The van der Waals surface area contributed by atoms with Crippen LogP contribution in [-0.2, 0) is 6.54 Å². The SMILES string of the molecule is COc1ccc(CNC2CCN(c3cccc(-c4cc5nc(-c6ccco6)nn5c(N)n4)c3)CC2)cc1OC. The van der Waals surface area contributed by atoms with E-state index in [4.69, 9.17) is 19.6 Å². The van der Waals surface area contributed by atoms with E-state index in [2.05, 4.69) is 49.5 Å². The van der Waals surface area contributed by atoms with E-state index < -0.39 is 0 Å². The van der Waals surface area contributed by atoms with Gasteiger partial charge in [0, 0.05) is 43.0 Å². The molecule has 0 radical (unpaired) electrons. The van der Waals surface area contributed by atoms with E-state index in [-0.39, 0.29) is 5.95 Å². The van der Waals surface area contributed by atoms with Crippen molar-refractivity contribution in [3.05, 3.63) is 72.5 Å². The predicted octanol–water partition coefficient (Wildman–Crippen LogP) is 4.41. The van der Waals surface area contributed by atoms with Crippen LogP contribution in [0.3, 0.4) is 0 Å². The van der Waals surface area contributed by atoms with Crippen molar-refractivity contribution < 1.29 is 13.9 Å². The fraction of sp³-hybridized carbons (Fsp3) is 0.276. The molecule has 0 unspecified atom stereocenters. The molecule has 0 saturated carbocycles. The smallest absolute Gasteiger partial charge is 0.223 e. The highest BCUT2D eigenvalue weighted by Crippen LogP contribution is 2.29. The first kappa shape index (κ1) is 24.7. The van der Waals surface area contributed by atoms with Crippen molar-refractivity contribution in [3.8, 4) is 34.3 Å². The summed E-state index contributed by atoms with van der Waals surface area (Å²) in [6.45, 7) is 2.73. The maximum Gasteiger partial charge on any atom is 0.223 e. The molecular weight excluding hydrogens is 494 g/mol. The number of nitrogens with one attached hydrogen (secondary N) is 1. The summed E-state index contributed by atoms with van der Waals surface area (Å²) in [5.41, 5.74) is 11.0. The van der Waals surface area contributed by atoms with Crippen molar-refractivity contribution in [1.82, 2.24) is 24.9 Å². The van der Waals surface area contributed by atoms with Crippen molar-refractivity contribution in [3.63, 3.8) is 0 Å². The number of benzene rings is 2. The van der Waals surface area contributed by atoms with Crippen LogP contribution in [0.1, 0.15) is 18.4 Å². The summed E-state index contributed by atoms with van der Waals surface area (Å²) >= 11 is 0. The molecule has 2 aromatic carbocycles. The van der Waals surface area contributed by atoms with E-state index in [0.29, 0.717) is 23.3 Å². The van der Waals surface area contributed by atoms with Gasteiger partial charge in [0.1, 0.15) is 0 Å². The topological polar surface area (TPSA) is 116 Å². The molecular formula is C29H31N7O3. The van der Waals surface area contributed by atoms with Crippen LogP contribution in [-0.4, -0.2) is 52.9 Å². The van der Waals surface area contributed by atoms with Gasteiger partial charge in [0.25, 0.3) is 0 Å². The van der Waals surface area contributed by atoms with Crippen LogP contribution in [0, 0.1) is 0 Å². The predicted molar refractivity (Wildman–Crippen MR) is 150 cm³/mol. The van der Waals surface area contributed by atoms with Gasteiger partial charge in [-0.2, -0.15) is 4.52 Å². The third-order valence-corrected chi connectivity index (χ3v) is 7.14. The largest absolute Gasteiger partial charge is 0.493 e. The summed E-state index contributed by atoms with van der Waals surface area (Å²) in [7, 11) is 3.31. The zero-order chi connectivity index (χ0) is 26.8. The van der Waals surface area contributed by atoms with E-state index >= 15 is 0 Å². The molecule has 10 nitrogen and oxygen atoms in total. The Kier molecular flexibility index (Phi) is 6.76. The zero-order valence-electron chi connectivity index (χ0n) is 22.0. The summed E-state index contributed by atoms with van der Waals surface area (Å²) < 4.78 is 17.7. The second-order valence-electron chi connectivity index (χ2n) is 9.56. The average molecular weight is 526 g/mol. The summed E-state index contributed by atoms with van der Waals surface area (Å²) in [6, 6.07) is 20.5. The first-order valence-corrected chi connectivity index (χ1v) is 13.0. The molecule has 0 aliphatic carbocycles. The van der Waals surface area contributed by atoms with Gasteiger partial charge in [-0.3, -0.25) is 0 Å². The van der Waals surface area contributed by atoms with Crippen LogP contribution in [0.5, 0.6) is 11.5 Å². The lowest BCUT2D eigenvalue weighted by Gasteiger charge is -2.34. The number of hydrogen-bond acceptors (Lipinski definition) is 9. The standard InChI is InChI=1S/C29H31N7O3/c1-37-24-9-8-19(15-26(24)38-2)18-31-21-10-12-35(13-11-21)22-6-3-5-20(16-22)23-17-27-33-28(25-7-4-14-39-25)34-36(27)29(30)32-23/h3-9,14-17,21,31H,10-13,18H2,1-2H3,(H2,30,32). The molecule has 0 bridgehead atoms. The number of aromatic nitrogens is 4. The second kappa shape index (κ2) is 10.7. The molecule has 6 rings (SSSR count). The molecule has 1 aliphatic heterocycles. The minimum absolute atomic E-state index is 0.277. The zero-order valence-corrected chi connectivity index (χ0v) is 22.0. The number of rotatable bonds is 8. The fourth-order valence-corrected chi connectivity index (χ4v) is 5.03. The van der Waals surface area contributed by atoms with Gasteiger partial charge in [-0.15, -0.1) is 5.10 Å². The second-order valence-corrected chi connectivity index (χ2v) is 9.56. The lowest BCUT2D eigenvalue weighted by Crippen LogP contribution is -2.42. The van der Waals surface area contributed by atoms with Crippen LogP contribution in [0.2, 0.25) is 0 Å². The molecule has 200 valence electrons. The van der Waals surface area contributed by atoms with Gasteiger partial charge in [-0.05, 0) is 54.8 Å². The monoisotopic (exact) mass is 525 g/mol. The lowest BCUT2D eigenvalue weighted by atomic mass is 10.0. The molecule has 0 spiro atoms. The number of furan rings is 1. The summed E-state index contributed by atoms with van der Waals surface area (Å²) in [6.07, 6.45) is 3.71. The molecule has 3 N–H and O–H groups in total. The molecule has 3 aromatic heterocycles. The highest BCUT2D eigenvalue weighted by atomic mass is 16.5. The van der Waals surface area contributed by atoms with Crippen LogP contribution < -0.4 is 25.4 Å². The Morgan fingerprint density at radius 2 is 1.82 bits per heavy atom. The maximum atomic E-state index is 6.25. The van der Waals surface area contributed by atoms with Crippen molar-refractivity contribution >= 4 is 17.3 Å². The van der Waals surface area contributed by atoms with Crippen molar-refractivity contribution in [2.24, 2.45) is 0 Å². The van der Waals surface area contributed by atoms with E-state index in [1.807, 2.05) is 30.3 Å². The van der Waals surface area contributed by atoms with E-state index in [0.717, 1.165) is 55.2 Å². The number of anilines is 2. The Balaban J connectivity index is 1.12. The number of nitrogen functional groups attached to an aromatic ring is 1. The van der Waals surface area contributed by atoms with Crippen LogP contribution in [0.15, 0.2) is 71.3 Å². The molecule has 0 atom stereocenters. The normalized spacial score (nSPS) is 14.2. The molecule has 1 fully saturated rings. The third-order valence-electron chi connectivity index (χ3n) is 7.14. The lowest BCUT2D eigenvalue weighted by molar-refractivity contribution is 0.354. The molecule has 1 aliphatic rings. The van der Waals surface area contributed by atoms with Crippen molar-refractivity contribution in [2.45, 2.75) is 25.4 Å². The number of nitrogens with two attached hydrogens (primary N) is 1. The Labute approximate surface area is 226 Å². The number of ether oxygens (including phenoxy) is 2.